The van der Waals surface area contributed by atoms with Gasteiger partial charge in [0.05, 0.1) is 0 Å². The predicted molar refractivity (Wildman–Crippen MR) is 84.8 cm³/mol. The number of nitrogens with two attached hydrogens (primary N) is 1. The van der Waals surface area contributed by atoms with Crippen LogP contribution in [0.25, 0.3) is 12.2 Å². The van der Waals surface area contributed by atoms with Crippen molar-refractivity contribution in [3.63, 3.8) is 0 Å². The number of benzene rings is 2. The Labute approximate surface area is 132 Å². The van der Waals surface area contributed by atoms with Gasteiger partial charge in [-0.1, -0.05) is 35.4 Å². The third kappa shape index (κ3) is 3.94. The maximum Gasteiger partial charge on any atom is 0.313 e. The minimum absolute atomic E-state index is 0.0200. The van der Waals surface area contributed by atoms with E-state index in [4.69, 9.17) is 14.9 Å². The number of anilines is 1. The van der Waals surface area contributed by atoms with Crippen molar-refractivity contribution in [1.82, 2.24) is 10.2 Å². The number of halogens is 1. The fraction of sp³-hybridized carbons (Fsp3) is 0.0588. The van der Waals surface area contributed by atoms with Gasteiger partial charge in [0.1, 0.15) is 18.2 Å². The zero-order valence-corrected chi connectivity index (χ0v) is 12.1. The Balaban J connectivity index is 1.68. The Bertz CT molecular complexity index is 830. The Hall–Kier alpha value is -3.15. The molecular formula is C17H14FN3O2. The molecule has 0 atom stereocenters. The second-order valence-electron chi connectivity index (χ2n) is 4.76. The summed E-state index contributed by atoms with van der Waals surface area (Å²) in [6.45, 7) is 0.167. The van der Waals surface area contributed by atoms with Crippen molar-refractivity contribution in [2.75, 3.05) is 5.73 Å². The molecule has 1 aromatic heterocycles. The molecule has 6 heteroatoms. The molecular weight excluding hydrogens is 297 g/mol. The van der Waals surface area contributed by atoms with Crippen molar-refractivity contribution in [1.29, 1.82) is 0 Å². The molecule has 1 heterocycles. The topological polar surface area (TPSA) is 74.2 Å². The zero-order valence-electron chi connectivity index (χ0n) is 12.1. The Kier molecular flexibility index (Phi) is 4.33. The summed E-state index contributed by atoms with van der Waals surface area (Å²) < 4.78 is 24.2. The van der Waals surface area contributed by atoms with Gasteiger partial charge < -0.3 is 14.9 Å². The number of nitrogen functional groups attached to an aromatic ring is 1. The summed E-state index contributed by atoms with van der Waals surface area (Å²) in [5.41, 5.74) is 6.75. The molecule has 0 saturated carbocycles. The highest BCUT2D eigenvalue weighted by Crippen LogP contribution is 2.18. The van der Waals surface area contributed by atoms with Gasteiger partial charge in [0, 0.05) is 11.6 Å². The molecule has 0 bridgehead atoms. The highest BCUT2D eigenvalue weighted by molar-refractivity contribution is 5.66. The highest BCUT2D eigenvalue weighted by atomic mass is 19.1. The minimum Gasteiger partial charge on any atom is -0.489 e. The van der Waals surface area contributed by atoms with Crippen LogP contribution in [0.2, 0.25) is 0 Å². The predicted octanol–water partition coefficient (Wildman–Crippen LogP) is 3.54. The Morgan fingerprint density at radius 1 is 1.09 bits per heavy atom. The van der Waals surface area contributed by atoms with Crippen molar-refractivity contribution in [3.05, 3.63) is 71.4 Å². The van der Waals surface area contributed by atoms with E-state index in [9.17, 15) is 4.39 Å². The lowest BCUT2D eigenvalue weighted by Crippen LogP contribution is -1.98. The molecule has 0 aliphatic heterocycles. The summed E-state index contributed by atoms with van der Waals surface area (Å²) in [4.78, 5) is 0. The molecule has 0 radical (unpaired) electrons. The highest BCUT2D eigenvalue weighted by Gasteiger charge is 2.02. The van der Waals surface area contributed by atoms with E-state index >= 15 is 0 Å². The van der Waals surface area contributed by atoms with Crippen LogP contribution in [0.3, 0.4) is 0 Å². The first-order valence-corrected chi connectivity index (χ1v) is 6.94. The van der Waals surface area contributed by atoms with Crippen molar-refractivity contribution in [3.8, 4) is 5.75 Å². The van der Waals surface area contributed by atoms with E-state index in [0.29, 0.717) is 17.2 Å². The van der Waals surface area contributed by atoms with Crippen LogP contribution in [0, 0.1) is 5.82 Å². The summed E-state index contributed by atoms with van der Waals surface area (Å²) in [6, 6.07) is 13.9. The molecule has 0 fully saturated rings. The lowest BCUT2D eigenvalue weighted by atomic mass is 10.2. The number of nitrogens with zero attached hydrogens (tertiary/aromatic N) is 2. The van der Waals surface area contributed by atoms with E-state index in [2.05, 4.69) is 10.2 Å². The number of rotatable bonds is 5. The van der Waals surface area contributed by atoms with Crippen molar-refractivity contribution in [2.24, 2.45) is 0 Å². The van der Waals surface area contributed by atoms with Gasteiger partial charge in [-0.3, -0.25) is 0 Å². The maximum atomic E-state index is 13.6. The standard InChI is InChI=1S/C17H14FN3O2/c18-15-7-2-1-5-13(15)11-22-14-6-3-4-12(10-14)8-9-16-20-21-17(19)23-16/h1-10H,11H2,(H2,19,21)/b9-8+. The first kappa shape index (κ1) is 14.8. The monoisotopic (exact) mass is 311 g/mol. The van der Waals surface area contributed by atoms with Crippen molar-refractivity contribution in [2.45, 2.75) is 6.61 Å². The summed E-state index contributed by atoms with van der Waals surface area (Å²) in [6.07, 6.45) is 3.45. The first-order valence-electron chi connectivity index (χ1n) is 6.94. The van der Waals surface area contributed by atoms with Gasteiger partial charge in [0.25, 0.3) is 0 Å². The van der Waals surface area contributed by atoms with Crippen LogP contribution in [0.15, 0.2) is 52.9 Å². The van der Waals surface area contributed by atoms with Crippen LogP contribution in [0.4, 0.5) is 10.4 Å². The largest absolute Gasteiger partial charge is 0.489 e. The molecule has 3 rings (SSSR count). The van der Waals surface area contributed by atoms with E-state index in [1.54, 1.807) is 30.4 Å². The lowest BCUT2D eigenvalue weighted by molar-refractivity contribution is 0.300. The smallest absolute Gasteiger partial charge is 0.313 e. The van der Waals surface area contributed by atoms with E-state index in [0.717, 1.165) is 5.56 Å². The fourth-order valence-corrected chi connectivity index (χ4v) is 1.97. The maximum absolute atomic E-state index is 13.6. The average Bonchev–Trinajstić information content (AvgIpc) is 2.98. The van der Waals surface area contributed by atoms with Crippen LogP contribution >= 0.6 is 0 Å². The average molecular weight is 311 g/mol. The normalized spacial score (nSPS) is 11.0. The van der Waals surface area contributed by atoms with E-state index in [1.165, 1.54) is 6.07 Å². The van der Waals surface area contributed by atoms with Crippen molar-refractivity contribution < 1.29 is 13.5 Å². The van der Waals surface area contributed by atoms with Gasteiger partial charge in [0.15, 0.2) is 0 Å². The number of hydrogen-bond acceptors (Lipinski definition) is 5. The molecule has 0 aliphatic rings. The van der Waals surface area contributed by atoms with Crippen LogP contribution in [-0.4, -0.2) is 10.2 Å². The summed E-state index contributed by atoms with van der Waals surface area (Å²) in [5, 5.41) is 7.30. The van der Waals surface area contributed by atoms with Crippen molar-refractivity contribution >= 4 is 18.2 Å². The Morgan fingerprint density at radius 2 is 1.96 bits per heavy atom. The molecule has 0 unspecified atom stereocenters. The van der Waals surface area contributed by atoms with Crippen LogP contribution in [-0.2, 0) is 6.61 Å². The second-order valence-corrected chi connectivity index (χ2v) is 4.76. The number of hydrogen-bond donors (Lipinski definition) is 1. The molecule has 5 nitrogen and oxygen atoms in total. The van der Waals surface area contributed by atoms with E-state index in [-0.39, 0.29) is 18.4 Å². The third-order valence-corrected chi connectivity index (χ3v) is 3.08. The van der Waals surface area contributed by atoms with Crippen LogP contribution in [0.5, 0.6) is 5.75 Å². The van der Waals surface area contributed by atoms with Gasteiger partial charge in [-0.2, -0.15) is 0 Å². The summed E-state index contributed by atoms with van der Waals surface area (Å²) in [7, 11) is 0. The molecule has 0 saturated heterocycles. The summed E-state index contributed by atoms with van der Waals surface area (Å²) >= 11 is 0. The molecule has 116 valence electrons. The number of aromatic nitrogens is 2. The minimum atomic E-state index is -0.280. The van der Waals surface area contributed by atoms with E-state index < -0.39 is 0 Å². The van der Waals surface area contributed by atoms with Gasteiger partial charge in [-0.25, -0.2) is 4.39 Å². The second kappa shape index (κ2) is 6.74. The molecule has 0 spiro atoms. The quantitative estimate of drug-likeness (QED) is 0.780. The lowest BCUT2D eigenvalue weighted by Gasteiger charge is -2.07. The molecule has 3 aromatic rings. The van der Waals surface area contributed by atoms with Crippen LogP contribution in [0.1, 0.15) is 17.0 Å². The first-order chi connectivity index (χ1) is 11.2. The fourth-order valence-electron chi connectivity index (χ4n) is 1.97. The van der Waals surface area contributed by atoms with Gasteiger partial charge in [0.2, 0.25) is 5.89 Å². The van der Waals surface area contributed by atoms with Gasteiger partial charge in [-0.05, 0) is 29.8 Å². The molecule has 2 N–H and O–H groups in total. The number of ether oxygens (including phenoxy) is 1. The summed E-state index contributed by atoms with van der Waals surface area (Å²) in [5.74, 6) is 0.679. The van der Waals surface area contributed by atoms with E-state index in [1.807, 2.05) is 24.3 Å². The molecule has 2 aromatic carbocycles. The molecule has 0 amide bonds. The zero-order chi connectivity index (χ0) is 16.1. The van der Waals surface area contributed by atoms with Crippen LogP contribution < -0.4 is 10.5 Å². The van der Waals surface area contributed by atoms with Gasteiger partial charge in [-0.15, -0.1) is 5.10 Å². The SMILES string of the molecule is Nc1nnc(/C=C/c2cccc(OCc3ccccc3F)c2)o1. The Morgan fingerprint density at radius 3 is 2.74 bits per heavy atom. The molecule has 0 aliphatic carbocycles. The van der Waals surface area contributed by atoms with Gasteiger partial charge >= 0.3 is 6.01 Å². The third-order valence-electron chi connectivity index (χ3n) is 3.08. The molecule has 23 heavy (non-hydrogen) atoms.